The Kier molecular flexibility index (Phi) is 5.90. The molecule has 0 bridgehead atoms. The fourth-order valence-electron chi connectivity index (χ4n) is 3.26. The van der Waals surface area contributed by atoms with E-state index in [0.717, 1.165) is 25.7 Å². The van der Waals surface area contributed by atoms with Crippen molar-refractivity contribution in [3.63, 3.8) is 0 Å². The normalized spacial score (nSPS) is 28.9. The first-order chi connectivity index (χ1) is 9.04. The second-order valence-corrected chi connectivity index (χ2v) is 7.19. The molecule has 1 saturated carbocycles. The molecule has 0 aromatic rings. The third-order valence-electron chi connectivity index (χ3n) is 4.46. The van der Waals surface area contributed by atoms with Crippen LogP contribution >= 0.6 is 0 Å². The number of nitrogens with zero attached hydrogens (tertiary/aromatic N) is 1. The average molecular weight is 294 g/mol. The Balaban J connectivity index is 2.81. The van der Waals surface area contributed by atoms with Crippen molar-refractivity contribution in [1.82, 2.24) is 4.90 Å². The van der Waals surface area contributed by atoms with Gasteiger partial charge in [0.25, 0.3) is 0 Å². The number of rotatable bonds is 4. The number of nitrogens with two attached hydrogens (primary N) is 1. The van der Waals surface area contributed by atoms with E-state index in [9.17, 15) is 13.2 Å². The van der Waals surface area contributed by atoms with E-state index in [4.69, 9.17) is 5.73 Å². The number of hydrogen-bond acceptors (Lipinski definition) is 2. The van der Waals surface area contributed by atoms with Crippen molar-refractivity contribution in [2.45, 2.75) is 71.6 Å². The van der Waals surface area contributed by atoms with E-state index in [1.165, 1.54) is 0 Å². The minimum Gasteiger partial charge on any atom is -0.326 e. The lowest BCUT2D eigenvalue weighted by atomic mass is 9.69. The Morgan fingerprint density at radius 1 is 1.15 bits per heavy atom. The first-order valence-electron chi connectivity index (χ1n) is 7.61. The topological polar surface area (TPSA) is 29.3 Å². The Labute approximate surface area is 120 Å². The van der Waals surface area contributed by atoms with Crippen molar-refractivity contribution < 1.29 is 13.2 Å². The van der Waals surface area contributed by atoms with Gasteiger partial charge in [0.15, 0.2) is 0 Å². The molecule has 0 aromatic heterocycles. The van der Waals surface area contributed by atoms with E-state index in [2.05, 4.69) is 20.8 Å². The highest BCUT2D eigenvalue weighted by Gasteiger charge is 2.40. The molecule has 1 aliphatic carbocycles. The molecule has 2 N–H and O–H groups in total. The number of alkyl halides is 3. The summed E-state index contributed by atoms with van der Waals surface area (Å²) in [6.07, 6.45) is -0.804. The van der Waals surface area contributed by atoms with Crippen molar-refractivity contribution in [3.8, 4) is 0 Å². The maximum absolute atomic E-state index is 12.8. The zero-order chi connectivity index (χ0) is 15.6. The average Bonchev–Trinajstić information content (AvgIpc) is 2.25. The fourth-order valence-corrected chi connectivity index (χ4v) is 3.26. The standard InChI is InChI=1S/C15H29F3N2/c1-5-8-20(10-15(16,17)18)13-9-11(14(2,3)4)6-7-12(13)19/h11-13H,5-10,19H2,1-4H3. The van der Waals surface area contributed by atoms with Gasteiger partial charge in [0.05, 0.1) is 6.54 Å². The third-order valence-corrected chi connectivity index (χ3v) is 4.46. The molecule has 2 nitrogen and oxygen atoms in total. The molecule has 0 heterocycles. The third kappa shape index (κ3) is 5.24. The molecule has 20 heavy (non-hydrogen) atoms. The summed E-state index contributed by atoms with van der Waals surface area (Å²) < 4.78 is 38.3. The van der Waals surface area contributed by atoms with Crippen LogP contribution in [0, 0.1) is 11.3 Å². The van der Waals surface area contributed by atoms with Gasteiger partial charge >= 0.3 is 6.18 Å². The Morgan fingerprint density at radius 2 is 1.75 bits per heavy atom. The van der Waals surface area contributed by atoms with Crippen LogP contribution in [0.2, 0.25) is 0 Å². The van der Waals surface area contributed by atoms with Crippen LogP contribution in [0.15, 0.2) is 0 Å². The van der Waals surface area contributed by atoms with Crippen LogP contribution in [-0.4, -0.2) is 36.2 Å². The summed E-state index contributed by atoms with van der Waals surface area (Å²) in [5.41, 5.74) is 6.26. The smallest absolute Gasteiger partial charge is 0.326 e. The molecule has 0 saturated heterocycles. The molecule has 1 rings (SSSR count). The molecular formula is C15H29F3N2. The van der Waals surface area contributed by atoms with Gasteiger partial charge in [0.2, 0.25) is 0 Å². The highest BCUT2D eigenvalue weighted by molar-refractivity contribution is 4.93. The molecule has 3 atom stereocenters. The summed E-state index contributed by atoms with van der Waals surface area (Å²) in [6.45, 7) is 8.04. The van der Waals surface area contributed by atoms with Gasteiger partial charge in [-0.25, -0.2) is 0 Å². The SMILES string of the molecule is CCCN(CC(F)(F)F)C1CC(C(C)(C)C)CCC1N. The molecule has 1 aliphatic rings. The maximum atomic E-state index is 12.8. The molecule has 120 valence electrons. The second kappa shape index (κ2) is 6.65. The molecule has 5 heteroatoms. The zero-order valence-corrected chi connectivity index (χ0v) is 13.1. The van der Waals surface area contributed by atoms with Crippen molar-refractivity contribution in [2.75, 3.05) is 13.1 Å². The van der Waals surface area contributed by atoms with Crippen LogP contribution in [0.4, 0.5) is 13.2 Å². The second-order valence-electron chi connectivity index (χ2n) is 7.19. The lowest BCUT2D eigenvalue weighted by Gasteiger charge is -2.45. The van der Waals surface area contributed by atoms with Gasteiger partial charge in [-0.05, 0) is 43.6 Å². The maximum Gasteiger partial charge on any atom is 0.401 e. The Morgan fingerprint density at radius 3 is 2.20 bits per heavy atom. The van der Waals surface area contributed by atoms with Crippen molar-refractivity contribution >= 4 is 0 Å². The van der Waals surface area contributed by atoms with Crippen LogP contribution in [0.3, 0.4) is 0 Å². The van der Waals surface area contributed by atoms with Gasteiger partial charge in [-0.2, -0.15) is 13.2 Å². The predicted octanol–water partition coefficient (Wildman–Crippen LogP) is 3.80. The Hall–Kier alpha value is -0.290. The van der Waals surface area contributed by atoms with Crippen molar-refractivity contribution in [3.05, 3.63) is 0 Å². The van der Waals surface area contributed by atoms with Gasteiger partial charge in [0, 0.05) is 12.1 Å². The van der Waals surface area contributed by atoms with Crippen LogP contribution < -0.4 is 5.73 Å². The van der Waals surface area contributed by atoms with Gasteiger partial charge in [-0.3, -0.25) is 4.90 Å². The highest BCUT2D eigenvalue weighted by atomic mass is 19.4. The van der Waals surface area contributed by atoms with Gasteiger partial charge in [0.1, 0.15) is 0 Å². The summed E-state index contributed by atoms with van der Waals surface area (Å²) in [5.74, 6) is 0.444. The highest BCUT2D eigenvalue weighted by Crippen LogP contribution is 2.39. The number of halogens is 3. The summed E-state index contributed by atoms with van der Waals surface area (Å²) >= 11 is 0. The lowest BCUT2D eigenvalue weighted by Crippen LogP contribution is -2.54. The molecule has 3 unspecified atom stereocenters. The van der Waals surface area contributed by atoms with Crippen LogP contribution in [0.25, 0.3) is 0 Å². The largest absolute Gasteiger partial charge is 0.401 e. The minimum absolute atomic E-state index is 0.133. The van der Waals surface area contributed by atoms with E-state index < -0.39 is 12.7 Å². The van der Waals surface area contributed by atoms with Crippen molar-refractivity contribution in [1.29, 1.82) is 0 Å². The summed E-state index contributed by atoms with van der Waals surface area (Å²) in [7, 11) is 0. The predicted molar refractivity (Wildman–Crippen MR) is 76.5 cm³/mol. The van der Waals surface area contributed by atoms with Crippen LogP contribution in [0.1, 0.15) is 53.4 Å². The molecule has 0 radical (unpaired) electrons. The summed E-state index contributed by atoms with van der Waals surface area (Å²) in [6, 6.07) is -0.281. The van der Waals surface area contributed by atoms with Crippen LogP contribution in [-0.2, 0) is 0 Å². The fraction of sp³-hybridized carbons (Fsp3) is 1.00. The van der Waals surface area contributed by atoms with E-state index in [1.54, 1.807) is 4.90 Å². The van der Waals surface area contributed by atoms with E-state index in [1.807, 2.05) is 6.92 Å². The molecule has 1 fully saturated rings. The van der Waals surface area contributed by atoms with E-state index in [0.29, 0.717) is 12.5 Å². The lowest BCUT2D eigenvalue weighted by molar-refractivity contribution is -0.154. The molecule has 0 spiro atoms. The Bertz CT molecular complexity index is 296. The van der Waals surface area contributed by atoms with Crippen LogP contribution in [0.5, 0.6) is 0 Å². The molecule has 0 aliphatic heterocycles. The first kappa shape index (κ1) is 17.8. The molecule has 0 amide bonds. The molecule has 0 aromatic carbocycles. The van der Waals surface area contributed by atoms with Gasteiger partial charge in [-0.15, -0.1) is 0 Å². The monoisotopic (exact) mass is 294 g/mol. The van der Waals surface area contributed by atoms with E-state index in [-0.39, 0.29) is 17.5 Å². The zero-order valence-electron chi connectivity index (χ0n) is 13.1. The van der Waals surface area contributed by atoms with E-state index >= 15 is 0 Å². The summed E-state index contributed by atoms with van der Waals surface area (Å²) in [4.78, 5) is 1.56. The first-order valence-corrected chi connectivity index (χ1v) is 7.61. The van der Waals surface area contributed by atoms with Gasteiger partial charge in [-0.1, -0.05) is 27.7 Å². The summed E-state index contributed by atoms with van der Waals surface area (Å²) in [5, 5.41) is 0. The molecular weight excluding hydrogens is 265 g/mol. The quantitative estimate of drug-likeness (QED) is 0.854. The minimum atomic E-state index is -4.15. The number of hydrogen-bond donors (Lipinski definition) is 1. The van der Waals surface area contributed by atoms with Gasteiger partial charge < -0.3 is 5.73 Å². The van der Waals surface area contributed by atoms with Crippen molar-refractivity contribution in [2.24, 2.45) is 17.1 Å².